The quantitative estimate of drug-likeness (QED) is 0.459. The highest BCUT2D eigenvalue weighted by molar-refractivity contribution is 6.00. The number of aryl methyl sites for hydroxylation is 1. The Bertz CT molecular complexity index is 1130. The molecule has 0 radical (unpaired) electrons. The lowest BCUT2D eigenvalue weighted by molar-refractivity contribution is 0.474. The normalized spacial score (nSPS) is 11.3. The summed E-state index contributed by atoms with van der Waals surface area (Å²) in [5.41, 5.74) is 4.57. The number of hydrogen-bond donors (Lipinski definition) is 1. The lowest BCUT2D eigenvalue weighted by atomic mass is 10.1. The van der Waals surface area contributed by atoms with Crippen LogP contribution in [0.1, 0.15) is 11.1 Å². The minimum Gasteiger partial charge on any atom is -0.507 e. The fourth-order valence-corrected chi connectivity index (χ4v) is 3.22. The fourth-order valence-electron chi connectivity index (χ4n) is 3.22. The van der Waals surface area contributed by atoms with E-state index >= 15 is 0 Å². The molecule has 0 bridgehead atoms. The van der Waals surface area contributed by atoms with Crippen molar-refractivity contribution in [2.45, 2.75) is 6.92 Å². The maximum Gasteiger partial charge on any atom is 0.244 e. The van der Waals surface area contributed by atoms with E-state index < -0.39 is 0 Å². The first kappa shape index (κ1) is 16.9. The summed E-state index contributed by atoms with van der Waals surface area (Å²) in [6.45, 7) is 2.08. The molecule has 4 nitrogen and oxygen atoms in total. The Hall–Kier alpha value is -3.53. The van der Waals surface area contributed by atoms with Gasteiger partial charge < -0.3 is 14.4 Å². The van der Waals surface area contributed by atoms with Crippen LogP contribution in [-0.2, 0) is 0 Å². The minimum atomic E-state index is 0.186. The zero-order chi connectivity index (χ0) is 18.8. The molecule has 1 N–H and O–H groups in total. The Labute approximate surface area is 158 Å². The fraction of sp³-hybridized carbons (Fsp3) is 0.0870. The molecule has 0 saturated heterocycles. The molecule has 0 unspecified atom stereocenters. The first-order valence-electron chi connectivity index (χ1n) is 8.78. The van der Waals surface area contributed by atoms with E-state index in [2.05, 4.69) is 28.9 Å². The average Bonchev–Trinajstić information content (AvgIpc) is 3.05. The second-order valence-electron chi connectivity index (χ2n) is 6.41. The van der Waals surface area contributed by atoms with Crippen molar-refractivity contribution in [1.29, 1.82) is 0 Å². The van der Waals surface area contributed by atoms with Crippen molar-refractivity contribution < 1.29 is 9.52 Å². The summed E-state index contributed by atoms with van der Waals surface area (Å²) < 4.78 is 6.02. The van der Waals surface area contributed by atoms with E-state index in [-0.39, 0.29) is 5.75 Å². The number of aliphatic imine (C=N–C) groups is 1. The Morgan fingerprint density at radius 2 is 1.63 bits per heavy atom. The number of benzene rings is 3. The van der Waals surface area contributed by atoms with Crippen LogP contribution in [0.5, 0.6) is 5.75 Å². The summed E-state index contributed by atoms with van der Waals surface area (Å²) >= 11 is 0. The van der Waals surface area contributed by atoms with E-state index in [0.29, 0.717) is 11.4 Å². The number of fused-ring (bicyclic) bond motifs is 1. The summed E-state index contributed by atoms with van der Waals surface area (Å²) in [6, 6.07) is 23.2. The number of aromatic hydroxyl groups is 1. The third-order valence-electron chi connectivity index (χ3n) is 4.62. The van der Waals surface area contributed by atoms with Crippen LogP contribution in [0.15, 0.2) is 82.2 Å². The van der Waals surface area contributed by atoms with E-state index in [1.54, 1.807) is 18.3 Å². The first-order valence-corrected chi connectivity index (χ1v) is 8.78. The van der Waals surface area contributed by atoms with Crippen LogP contribution in [0.25, 0.3) is 11.0 Å². The molecule has 0 amide bonds. The van der Waals surface area contributed by atoms with E-state index in [9.17, 15) is 5.11 Å². The highest BCUT2D eigenvalue weighted by Crippen LogP contribution is 2.42. The molecule has 4 aromatic rings. The number of hydrogen-bond acceptors (Lipinski definition) is 4. The monoisotopic (exact) mass is 356 g/mol. The van der Waals surface area contributed by atoms with E-state index in [4.69, 9.17) is 4.42 Å². The van der Waals surface area contributed by atoms with Gasteiger partial charge in [0, 0.05) is 29.9 Å². The molecule has 0 aliphatic rings. The molecular weight excluding hydrogens is 336 g/mol. The van der Waals surface area contributed by atoms with Crippen molar-refractivity contribution in [1.82, 2.24) is 0 Å². The van der Waals surface area contributed by atoms with Gasteiger partial charge in [-0.05, 0) is 42.8 Å². The standard InChI is InChI=1S/C23H20N2O2/c1-16-9-3-6-12-19(16)25(2)22-18-11-5-8-14-21(18)27-23(22)24-15-17-10-4-7-13-20(17)26/h3-15,26H,1-2H3/b24-15+. The van der Waals surface area contributed by atoms with Crippen LogP contribution in [0, 0.1) is 6.92 Å². The molecule has 4 rings (SSSR count). The van der Waals surface area contributed by atoms with Gasteiger partial charge in [-0.1, -0.05) is 42.5 Å². The van der Waals surface area contributed by atoms with Crippen molar-refractivity contribution in [3.8, 4) is 5.75 Å². The molecule has 0 atom stereocenters. The van der Waals surface area contributed by atoms with Gasteiger partial charge in [0.15, 0.2) is 0 Å². The van der Waals surface area contributed by atoms with Crippen molar-refractivity contribution in [2.24, 2.45) is 4.99 Å². The third kappa shape index (κ3) is 3.17. The lowest BCUT2D eigenvalue weighted by Gasteiger charge is -2.20. The van der Waals surface area contributed by atoms with Crippen LogP contribution >= 0.6 is 0 Å². The largest absolute Gasteiger partial charge is 0.507 e. The van der Waals surface area contributed by atoms with Crippen LogP contribution in [0.3, 0.4) is 0 Å². The van der Waals surface area contributed by atoms with Crippen LogP contribution < -0.4 is 4.90 Å². The van der Waals surface area contributed by atoms with Crippen LogP contribution in [0.2, 0.25) is 0 Å². The number of anilines is 2. The number of phenols is 1. The number of nitrogens with zero attached hydrogens (tertiary/aromatic N) is 2. The van der Waals surface area contributed by atoms with Gasteiger partial charge in [-0.2, -0.15) is 0 Å². The SMILES string of the molecule is Cc1ccccc1N(C)c1c(/N=C/c2ccccc2O)oc2ccccc12. The molecule has 1 aromatic heterocycles. The second-order valence-corrected chi connectivity index (χ2v) is 6.41. The summed E-state index contributed by atoms with van der Waals surface area (Å²) in [7, 11) is 2.01. The minimum absolute atomic E-state index is 0.186. The van der Waals surface area contributed by atoms with E-state index in [1.165, 1.54) is 5.56 Å². The molecule has 1 heterocycles. The predicted molar refractivity (Wildman–Crippen MR) is 111 cm³/mol. The highest BCUT2D eigenvalue weighted by Gasteiger charge is 2.19. The summed E-state index contributed by atoms with van der Waals surface area (Å²) in [5.74, 6) is 0.691. The molecule has 0 fully saturated rings. The van der Waals surface area contributed by atoms with Crippen molar-refractivity contribution >= 4 is 34.4 Å². The topological polar surface area (TPSA) is 49.0 Å². The van der Waals surface area contributed by atoms with Crippen molar-refractivity contribution in [3.63, 3.8) is 0 Å². The molecule has 0 saturated carbocycles. The van der Waals surface area contributed by atoms with Crippen LogP contribution in [-0.4, -0.2) is 18.4 Å². The van der Waals surface area contributed by atoms with Gasteiger partial charge in [0.05, 0.1) is 0 Å². The second kappa shape index (κ2) is 7.00. The molecule has 0 spiro atoms. The Morgan fingerprint density at radius 1 is 0.926 bits per heavy atom. The predicted octanol–water partition coefficient (Wildman–Crippen LogP) is 5.97. The third-order valence-corrected chi connectivity index (χ3v) is 4.62. The maximum absolute atomic E-state index is 9.99. The number of furan rings is 1. The summed E-state index contributed by atoms with van der Waals surface area (Å²) in [6.07, 6.45) is 1.63. The first-order chi connectivity index (χ1) is 13.1. The van der Waals surface area contributed by atoms with Gasteiger partial charge in [-0.3, -0.25) is 0 Å². The Balaban J connectivity index is 1.85. The van der Waals surface area contributed by atoms with E-state index in [1.807, 2.05) is 55.6 Å². The Kier molecular flexibility index (Phi) is 4.38. The van der Waals surface area contributed by atoms with Crippen molar-refractivity contribution in [2.75, 3.05) is 11.9 Å². The molecule has 0 aliphatic heterocycles. The zero-order valence-corrected chi connectivity index (χ0v) is 15.3. The van der Waals surface area contributed by atoms with E-state index in [0.717, 1.165) is 22.3 Å². The van der Waals surface area contributed by atoms with Gasteiger partial charge in [-0.25, -0.2) is 4.99 Å². The van der Waals surface area contributed by atoms with Crippen LogP contribution in [0.4, 0.5) is 17.3 Å². The summed E-state index contributed by atoms with van der Waals surface area (Å²) in [5, 5.41) is 11.0. The molecule has 0 aliphatic carbocycles. The molecule has 27 heavy (non-hydrogen) atoms. The molecule has 4 heteroatoms. The maximum atomic E-state index is 9.99. The molecule has 3 aromatic carbocycles. The number of phenolic OH excluding ortho intramolecular Hbond substituents is 1. The highest BCUT2D eigenvalue weighted by atomic mass is 16.3. The molecular formula is C23H20N2O2. The Morgan fingerprint density at radius 3 is 2.44 bits per heavy atom. The molecule has 134 valence electrons. The smallest absolute Gasteiger partial charge is 0.244 e. The van der Waals surface area contributed by atoms with Crippen molar-refractivity contribution in [3.05, 3.63) is 83.9 Å². The van der Waals surface area contributed by atoms with Gasteiger partial charge in [0.2, 0.25) is 5.88 Å². The lowest BCUT2D eigenvalue weighted by Crippen LogP contribution is -2.10. The zero-order valence-electron chi connectivity index (χ0n) is 15.3. The average molecular weight is 356 g/mol. The van der Waals surface area contributed by atoms with Gasteiger partial charge in [0.1, 0.15) is 17.0 Å². The summed E-state index contributed by atoms with van der Waals surface area (Å²) in [4.78, 5) is 6.65. The van der Waals surface area contributed by atoms with Gasteiger partial charge in [-0.15, -0.1) is 0 Å². The van der Waals surface area contributed by atoms with Gasteiger partial charge in [0.25, 0.3) is 0 Å². The number of rotatable bonds is 4. The number of para-hydroxylation sites is 3. The van der Waals surface area contributed by atoms with Gasteiger partial charge >= 0.3 is 0 Å².